The monoisotopic (exact) mass is 394 g/mol. The van der Waals surface area contributed by atoms with Crippen molar-refractivity contribution in [1.82, 2.24) is 4.90 Å². The van der Waals surface area contributed by atoms with E-state index >= 15 is 0 Å². The molecule has 0 radical (unpaired) electrons. The van der Waals surface area contributed by atoms with Crippen LogP contribution in [0.15, 0.2) is 30.3 Å². The highest BCUT2D eigenvalue weighted by atomic mass is 16.5. The first-order valence-electron chi connectivity index (χ1n) is 10.1. The molecule has 6 heteroatoms. The summed E-state index contributed by atoms with van der Waals surface area (Å²) in [5.41, 5.74) is 4.61. The first-order chi connectivity index (χ1) is 14.0. The zero-order valence-electron chi connectivity index (χ0n) is 17.2. The second kappa shape index (κ2) is 7.87. The van der Waals surface area contributed by atoms with Gasteiger partial charge in [-0.3, -0.25) is 19.4 Å². The first-order valence-corrected chi connectivity index (χ1v) is 10.1. The van der Waals surface area contributed by atoms with E-state index in [0.717, 1.165) is 30.0 Å². The molecule has 2 heterocycles. The number of amides is 1. The Labute approximate surface area is 171 Å². The molecule has 152 valence electrons. The Bertz CT molecular complexity index is 970. The van der Waals surface area contributed by atoms with Gasteiger partial charge >= 0.3 is 5.91 Å². The van der Waals surface area contributed by atoms with Crippen LogP contribution in [0.4, 0.5) is 5.69 Å². The number of ether oxygens (including phenoxy) is 2. The Balaban J connectivity index is 1.56. The number of carbonyl (C=O) groups excluding carboxylic acids is 2. The predicted molar refractivity (Wildman–Crippen MR) is 111 cm³/mol. The number of carbonyl (C=O) groups is 2. The molecule has 2 aliphatic heterocycles. The van der Waals surface area contributed by atoms with Crippen LogP contribution in [0, 0.1) is 6.92 Å². The van der Waals surface area contributed by atoms with Crippen LogP contribution in [0.5, 0.6) is 11.5 Å². The lowest BCUT2D eigenvalue weighted by Gasteiger charge is -2.32. The van der Waals surface area contributed by atoms with Crippen LogP contribution in [0.2, 0.25) is 0 Å². The number of rotatable bonds is 6. The highest BCUT2D eigenvalue weighted by Gasteiger charge is 2.37. The number of ketones is 1. The van der Waals surface area contributed by atoms with Crippen molar-refractivity contribution in [3.63, 3.8) is 0 Å². The SMILES string of the molecule is CCOc1cc2c(cc1OCC)CN(CN1C(=O)C(=O)c3cc(C)ccc31)CC2. The van der Waals surface area contributed by atoms with E-state index in [9.17, 15) is 9.59 Å². The summed E-state index contributed by atoms with van der Waals surface area (Å²) in [6, 6.07) is 9.72. The second-order valence-corrected chi connectivity index (χ2v) is 7.46. The molecule has 6 nitrogen and oxygen atoms in total. The average molecular weight is 394 g/mol. The fraction of sp³-hybridized carbons (Fsp3) is 0.391. The quantitative estimate of drug-likeness (QED) is 0.704. The molecule has 0 aliphatic carbocycles. The summed E-state index contributed by atoms with van der Waals surface area (Å²) >= 11 is 0. The van der Waals surface area contributed by atoms with Crippen LogP contribution in [-0.2, 0) is 17.8 Å². The molecule has 0 saturated carbocycles. The summed E-state index contributed by atoms with van der Waals surface area (Å²) in [6.07, 6.45) is 0.860. The maximum atomic E-state index is 12.6. The number of hydrogen-bond donors (Lipinski definition) is 0. The Morgan fingerprint density at radius 3 is 2.34 bits per heavy atom. The van der Waals surface area contributed by atoms with Gasteiger partial charge in [-0.2, -0.15) is 0 Å². The molecule has 0 saturated heterocycles. The summed E-state index contributed by atoms with van der Waals surface area (Å²) < 4.78 is 11.5. The Morgan fingerprint density at radius 2 is 1.66 bits per heavy atom. The minimum absolute atomic E-state index is 0.400. The van der Waals surface area contributed by atoms with Crippen molar-refractivity contribution >= 4 is 17.4 Å². The predicted octanol–water partition coefficient (Wildman–Crippen LogP) is 3.34. The Kier molecular flexibility index (Phi) is 5.28. The summed E-state index contributed by atoms with van der Waals surface area (Å²) in [7, 11) is 0. The van der Waals surface area contributed by atoms with E-state index in [0.29, 0.717) is 37.7 Å². The molecule has 0 fully saturated rings. The van der Waals surface area contributed by atoms with E-state index in [1.54, 1.807) is 11.0 Å². The molecule has 2 aromatic rings. The van der Waals surface area contributed by atoms with Gasteiger partial charge in [0.2, 0.25) is 0 Å². The molecule has 29 heavy (non-hydrogen) atoms. The largest absolute Gasteiger partial charge is 0.490 e. The fourth-order valence-corrected chi connectivity index (χ4v) is 4.03. The zero-order valence-corrected chi connectivity index (χ0v) is 17.2. The Hall–Kier alpha value is -2.86. The van der Waals surface area contributed by atoms with Gasteiger partial charge in [0, 0.05) is 13.1 Å². The first kappa shape index (κ1) is 19.5. The summed E-state index contributed by atoms with van der Waals surface area (Å²) in [5, 5.41) is 0. The maximum absolute atomic E-state index is 12.6. The molecule has 0 aromatic heterocycles. The van der Waals surface area contributed by atoms with Gasteiger partial charge in [-0.1, -0.05) is 11.6 Å². The summed E-state index contributed by atoms with van der Waals surface area (Å²) in [5.74, 6) is 0.675. The van der Waals surface area contributed by atoms with Crippen LogP contribution in [0.3, 0.4) is 0 Å². The molecular weight excluding hydrogens is 368 g/mol. The van der Waals surface area contributed by atoms with E-state index in [2.05, 4.69) is 11.0 Å². The van der Waals surface area contributed by atoms with Gasteiger partial charge in [0.1, 0.15) is 0 Å². The second-order valence-electron chi connectivity index (χ2n) is 7.46. The van der Waals surface area contributed by atoms with Crippen molar-refractivity contribution in [2.75, 3.05) is 31.3 Å². The van der Waals surface area contributed by atoms with E-state index in [4.69, 9.17) is 9.47 Å². The molecule has 0 unspecified atom stereocenters. The third-order valence-electron chi connectivity index (χ3n) is 5.43. The lowest BCUT2D eigenvalue weighted by atomic mass is 9.99. The third kappa shape index (κ3) is 3.60. The van der Waals surface area contributed by atoms with Gasteiger partial charge in [0.25, 0.3) is 5.78 Å². The molecule has 0 bridgehead atoms. The number of nitrogens with zero attached hydrogens (tertiary/aromatic N) is 2. The lowest BCUT2D eigenvalue weighted by Crippen LogP contribution is -2.43. The van der Waals surface area contributed by atoms with Gasteiger partial charge in [-0.25, -0.2) is 0 Å². The molecule has 1 amide bonds. The van der Waals surface area contributed by atoms with Gasteiger partial charge in [0.05, 0.1) is 31.1 Å². The van der Waals surface area contributed by atoms with Crippen LogP contribution in [0.25, 0.3) is 0 Å². The fourth-order valence-electron chi connectivity index (χ4n) is 4.03. The van der Waals surface area contributed by atoms with Crippen molar-refractivity contribution in [3.8, 4) is 11.5 Å². The smallest absolute Gasteiger partial charge is 0.300 e. The van der Waals surface area contributed by atoms with Crippen molar-refractivity contribution < 1.29 is 19.1 Å². The van der Waals surface area contributed by atoms with Gasteiger partial charge in [-0.15, -0.1) is 0 Å². The number of anilines is 1. The highest BCUT2D eigenvalue weighted by molar-refractivity contribution is 6.52. The third-order valence-corrected chi connectivity index (χ3v) is 5.43. The number of benzene rings is 2. The average Bonchev–Trinajstić information content (AvgIpc) is 2.93. The Morgan fingerprint density at radius 1 is 0.966 bits per heavy atom. The topological polar surface area (TPSA) is 59.1 Å². The van der Waals surface area contributed by atoms with Gasteiger partial charge < -0.3 is 9.47 Å². The summed E-state index contributed by atoms with van der Waals surface area (Å²) in [4.78, 5) is 28.7. The lowest BCUT2D eigenvalue weighted by molar-refractivity contribution is -0.114. The van der Waals surface area contributed by atoms with Crippen molar-refractivity contribution in [2.45, 2.75) is 33.7 Å². The van der Waals surface area contributed by atoms with Gasteiger partial charge in [0.15, 0.2) is 11.5 Å². The van der Waals surface area contributed by atoms with E-state index in [-0.39, 0.29) is 0 Å². The molecule has 2 aliphatic rings. The maximum Gasteiger partial charge on any atom is 0.300 e. The molecule has 0 N–H and O–H groups in total. The number of hydrogen-bond acceptors (Lipinski definition) is 5. The highest BCUT2D eigenvalue weighted by Crippen LogP contribution is 2.35. The van der Waals surface area contributed by atoms with E-state index in [1.165, 1.54) is 11.1 Å². The molecular formula is C23H26N2O4. The van der Waals surface area contributed by atoms with Crippen molar-refractivity contribution in [3.05, 3.63) is 52.6 Å². The molecule has 0 spiro atoms. The van der Waals surface area contributed by atoms with Crippen LogP contribution in [-0.4, -0.2) is 43.0 Å². The molecule has 0 atom stereocenters. The molecule has 2 aromatic carbocycles. The van der Waals surface area contributed by atoms with Gasteiger partial charge in [-0.05, 0) is 62.6 Å². The minimum Gasteiger partial charge on any atom is -0.490 e. The van der Waals surface area contributed by atoms with Crippen LogP contribution >= 0.6 is 0 Å². The number of aryl methyl sites for hydroxylation is 1. The van der Waals surface area contributed by atoms with Crippen molar-refractivity contribution in [2.24, 2.45) is 0 Å². The normalized spacial score (nSPS) is 16.0. The summed E-state index contributed by atoms with van der Waals surface area (Å²) in [6.45, 7) is 8.91. The zero-order chi connectivity index (χ0) is 20.5. The minimum atomic E-state index is -0.446. The van der Waals surface area contributed by atoms with Crippen LogP contribution in [0.1, 0.15) is 40.9 Å². The van der Waals surface area contributed by atoms with Crippen LogP contribution < -0.4 is 14.4 Å². The molecule has 4 rings (SSSR count). The number of fused-ring (bicyclic) bond motifs is 2. The standard InChI is InChI=1S/C23H26N2O4/c1-4-28-20-11-16-8-9-24(13-17(16)12-21(20)29-5-2)14-25-19-7-6-15(3)10-18(19)22(26)23(25)27/h6-7,10-12H,4-5,8-9,13-14H2,1-3H3. The van der Waals surface area contributed by atoms with E-state index < -0.39 is 11.7 Å². The van der Waals surface area contributed by atoms with Crippen molar-refractivity contribution in [1.29, 1.82) is 0 Å². The number of Topliss-reactive ketones (excluding diaryl/α,β-unsaturated/α-hetero) is 1. The van der Waals surface area contributed by atoms with E-state index in [1.807, 2.05) is 39.0 Å².